The highest BCUT2D eigenvalue weighted by Gasteiger charge is 2.11. The maximum atomic E-state index is 5.63. The van der Waals surface area contributed by atoms with Gasteiger partial charge in [0.15, 0.2) is 11.5 Å². The van der Waals surface area contributed by atoms with Crippen LogP contribution in [0.4, 0.5) is 0 Å². The molecule has 2 N–H and O–H groups in total. The van der Waals surface area contributed by atoms with E-state index in [-0.39, 0.29) is 0 Å². The number of hydrogen-bond acceptors (Lipinski definition) is 4. The maximum absolute atomic E-state index is 5.63. The van der Waals surface area contributed by atoms with E-state index in [2.05, 4.69) is 10.1 Å². The quantitative estimate of drug-likeness (QED) is 0.774. The number of pyridine rings is 1. The van der Waals surface area contributed by atoms with Crippen LogP contribution in [0.5, 0.6) is 5.75 Å². The average molecular weight is 254 g/mol. The SMILES string of the molecule is COc1ccccc1-c1nc2cc(CN)ccn2n1. The van der Waals surface area contributed by atoms with Crippen molar-refractivity contribution in [3.05, 3.63) is 48.2 Å². The molecule has 0 fully saturated rings. The van der Waals surface area contributed by atoms with Gasteiger partial charge in [-0.15, -0.1) is 5.10 Å². The number of ether oxygens (including phenoxy) is 1. The zero-order valence-electron chi connectivity index (χ0n) is 10.6. The first-order chi connectivity index (χ1) is 9.31. The summed E-state index contributed by atoms with van der Waals surface area (Å²) in [6.45, 7) is 0.493. The van der Waals surface area contributed by atoms with Crippen LogP contribution in [0.25, 0.3) is 17.0 Å². The number of rotatable bonds is 3. The van der Waals surface area contributed by atoms with Gasteiger partial charge >= 0.3 is 0 Å². The molecule has 5 heteroatoms. The third kappa shape index (κ3) is 2.04. The van der Waals surface area contributed by atoms with Crippen molar-refractivity contribution in [2.45, 2.75) is 6.54 Å². The highest BCUT2D eigenvalue weighted by molar-refractivity contribution is 5.65. The van der Waals surface area contributed by atoms with Gasteiger partial charge in [0.2, 0.25) is 0 Å². The van der Waals surface area contributed by atoms with Crippen molar-refractivity contribution in [2.24, 2.45) is 5.73 Å². The van der Waals surface area contributed by atoms with Gasteiger partial charge in [-0.3, -0.25) is 0 Å². The summed E-state index contributed by atoms with van der Waals surface area (Å²) in [5, 5.41) is 4.45. The minimum atomic E-state index is 0.493. The molecular weight excluding hydrogens is 240 g/mol. The lowest BCUT2D eigenvalue weighted by molar-refractivity contribution is 0.416. The molecule has 2 heterocycles. The predicted molar refractivity (Wildman–Crippen MR) is 72.9 cm³/mol. The molecule has 0 bridgehead atoms. The Morgan fingerprint density at radius 3 is 2.89 bits per heavy atom. The number of fused-ring (bicyclic) bond motifs is 1. The van der Waals surface area contributed by atoms with Crippen molar-refractivity contribution in [1.29, 1.82) is 0 Å². The Morgan fingerprint density at radius 2 is 2.11 bits per heavy atom. The van der Waals surface area contributed by atoms with Crippen molar-refractivity contribution >= 4 is 5.65 Å². The first kappa shape index (κ1) is 11.7. The number of nitrogens with zero attached hydrogens (tertiary/aromatic N) is 3. The molecule has 0 aliphatic carbocycles. The minimum absolute atomic E-state index is 0.493. The number of para-hydroxylation sites is 1. The molecule has 96 valence electrons. The standard InChI is InChI=1S/C14H14N4O/c1-19-12-5-3-2-4-11(12)14-16-13-8-10(9-15)6-7-18(13)17-14/h2-8H,9,15H2,1H3. The normalized spacial score (nSPS) is 10.8. The lowest BCUT2D eigenvalue weighted by Crippen LogP contribution is -1.97. The van der Waals surface area contributed by atoms with Crippen LogP contribution in [0, 0.1) is 0 Å². The smallest absolute Gasteiger partial charge is 0.185 e. The van der Waals surface area contributed by atoms with Gasteiger partial charge in [-0.1, -0.05) is 12.1 Å². The van der Waals surface area contributed by atoms with E-state index in [0.29, 0.717) is 12.4 Å². The van der Waals surface area contributed by atoms with Crippen molar-refractivity contribution in [3.8, 4) is 17.1 Å². The summed E-state index contributed by atoms with van der Waals surface area (Å²) >= 11 is 0. The number of nitrogens with two attached hydrogens (primary N) is 1. The van der Waals surface area contributed by atoms with Crippen LogP contribution >= 0.6 is 0 Å². The van der Waals surface area contributed by atoms with Gasteiger partial charge in [0, 0.05) is 12.7 Å². The van der Waals surface area contributed by atoms with Crippen molar-refractivity contribution in [3.63, 3.8) is 0 Å². The number of aromatic nitrogens is 3. The van der Waals surface area contributed by atoms with E-state index in [9.17, 15) is 0 Å². The van der Waals surface area contributed by atoms with Crippen LogP contribution < -0.4 is 10.5 Å². The molecule has 1 aromatic carbocycles. The Hall–Kier alpha value is -2.40. The van der Waals surface area contributed by atoms with E-state index >= 15 is 0 Å². The molecule has 0 aliphatic heterocycles. The van der Waals surface area contributed by atoms with Gasteiger partial charge in [-0.05, 0) is 29.8 Å². The largest absolute Gasteiger partial charge is 0.496 e. The molecule has 3 rings (SSSR count). The van der Waals surface area contributed by atoms with E-state index < -0.39 is 0 Å². The molecule has 3 aromatic rings. The lowest BCUT2D eigenvalue weighted by Gasteiger charge is -2.03. The van der Waals surface area contributed by atoms with E-state index in [0.717, 1.165) is 22.5 Å². The fourth-order valence-corrected chi connectivity index (χ4v) is 1.99. The molecule has 0 saturated carbocycles. The molecule has 0 saturated heterocycles. The molecule has 0 atom stereocenters. The van der Waals surface area contributed by atoms with Crippen LogP contribution in [-0.2, 0) is 6.54 Å². The van der Waals surface area contributed by atoms with Crippen molar-refractivity contribution < 1.29 is 4.74 Å². The monoisotopic (exact) mass is 254 g/mol. The zero-order chi connectivity index (χ0) is 13.2. The molecule has 0 amide bonds. The van der Waals surface area contributed by atoms with Gasteiger partial charge in [0.25, 0.3) is 0 Å². The summed E-state index contributed by atoms with van der Waals surface area (Å²) in [6, 6.07) is 11.6. The number of benzene rings is 1. The number of hydrogen-bond donors (Lipinski definition) is 1. The Labute approximate surface area is 110 Å². The van der Waals surface area contributed by atoms with Crippen LogP contribution in [0.1, 0.15) is 5.56 Å². The molecule has 0 spiro atoms. The topological polar surface area (TPSA) is 65.4 Å². The van der Waals surface area contributed by atoms with Crippen LogP contribution in [0.2, 0.25) is 0 Å². The minimum Gasteiger partial charge on any atom is -0.496 e. The summed E-state index contributed by atoms with van der Waals surface area (Å²) in [6.07, 6.45) is 1.86. The second kappa shape index (κ2) is 4.70. The van der Waals surface area contributed by atoms with Gasteiger partial charge in [-0.25, -0.2) is 9.50 Å². The summed E-state index contributed by atoms with van der Waals surface area (Å²) in [4.78, 5) is 4.52. The second-order valence-corrected chi connectivity index (χ2v) is 4.18. The summed E-state index contributed by atoms with van der Waals surface area (Å²) < 4.78 is 7.07. The van der Waals surface area contributed by atoms with E-state index in [1.54, 1.807) is 11.6 Å². The van der Waals surface area contributed by atoms with E-state index in [4.69, 9.17) is 10.5 Å². The van der Waals surface area contributed by atoms with Gasteiger partial charge in [0.05, 0.1) is 12.7 Å². The molecule has 2 aromatic heterocycles. The average Bonchev–Trinajstić information content (AvgIpc) is 2.89. The molecule has 19 heavy (non-hydrogen) atoms. The highest BCUT2D eigenvalue weighted by atomic mass is 16.5. The molecule has 0 unspecified atom stereocenters. The predicted octanol–water partition coefficient (Wildman–Crippen LogP) is 1.86. The van der Waals surface area contributed by atoms with E-state index in [1.165, 1.54) is 0 Å². The summed E-state index contributed by atoms with van der Waals surface area (Å²) in [7, 11) is 1.64. The fraction of sp³-hybridized carbons (Fsp3) is 0.143. The first-order valence-electron chi connectivity index (χ1n) is 6.00. The molecular formula is C14H14N4O. The zero-order valence-corrected chi connectivity index (χ0v) is 10.6. The molecule has 5 nitrogen and oxygen atoms in total. The molecule has 0 aliphatic rings. The van der Waals surface area contributed by atoms with Crippen molar-refractivity contribution in [2.75, 3.05) is 7.11 Å². The van der Waals surface area contributed by atoms with Crippen LogP contribution in [0.3, 0.4) is 0 Å². The van der Waals surface area contributed by atoms with E-state index in [1.807, 2.05) is 42.6 Å². The first-order valence-corrected chi connectivity index (χ1v) is 6.00. The number of methoxy groups -OCH3 is 1. The molecule has 0 radical (unpaired) electrons. The van der Waals surface area contributed by atoms with Crippen LogP contribution in [0.15, 0.2) is 42.6 Å². The summed E-state index contributed by atoms with van der Waals surface area (Å²) in [5.74, 6) is 1.41. The van der Waals surface area contributed by atoms with Gasteiger partial charge in [0.1, 0.15) is 5.75 Å². The second-order valence-electron chi connectivity index (χ2n) is 4.18. The Kier molecular flexibility index (Phi) is 2.89. The Balaban J connectivity index is 2.15. The summed E-state index contributed by atoms with van der Waals surface area (Å²) in [5.41, 5.74) is 8.32. The van der Waals surface area contributed by atoms with Crippen molar-refractivity contribution in [1.82, 2.24) is 14.6 Å². The Morgan fingerprint density at radius 1 is 1.26 bits per heavy atom. The fourth-order valence-electron chi connectivity index (χ4n) is 1.99. The van der Waals surface area contributed by atoms with Gasteiger partial charge < -0.3 is 10.5 Å². The van der Waals surface area contributed by atoms with Gasteiger partial charge in [-0.2, -0.15) is 0 Å². The third-order valence-corrected chi connectivity index (χ3v) is 2.99. The maximum Gasteiger partial charge on any atom is 0.185 e. The highest BCUT2D eigenvalue weighted by Crippen LogP contribution is 2.27. The Bertz CT molecular complexity index is 720. The third-order valence-electron chi connectivity index (χ3n) is 2.99. The lowest BCUT2D eigenvalue weighted by atomic mass is 10.2. The van der Waals surface area contributed by atoms with Crippen LogP contribution in [-0.4, -0.2) is 21.7 Å².